The molecule has 0 aromatic heterocycles. The van der Waals surface area contributed by atoms with Crippen LogP contribution in [0, 0.1) is 0 Å². The van der Waals surface area contributed by atoms with Crippen molar-refractivity contribution in [2.24, 2.45) is 0 Å². The van der Waals surface area contributed by atoms with Crippen molar-refractivity contribution in [2.45, 2.75) is 6.04 Å². The van der Waals surface area contributed by atoms with E-state index >= 15 is 0 Å². The first-order valence-corrected chi connectivity index (χ1v) is 5.58. The van der Waals surface area contributed by atoms with Crippen LogP contribution in [-0.4, -0.2) is 22.8 Å². The van der Waals surface area contributed by atoms with Crippen molar-refractivity contribution in [2.75, 3.05) is 10.7 Å². The zero-order valence-electron chi connectivity index (χ0n) is 7.88. The van der Waals surface area contributed by atoms with Gasteiger partial charge in [-0.25, -0.2) is 0 Å². The first-order valence-electron chi connectivity index (χ1n) is 4.54. The Hall–Kier alpha value is -1.07. The number of thiocarbonyl (C=S) groups is 1. The average Bonchev–Trinajstić information content (AvgIpc) is 2.55. The molecule has 0 unspecified atom stereocenters. The third-order valence-corrected chi connectivity index (χ3v) is 2.88. The molecule has 1 aromatic rings. The predicted molar refractivity (Wildman–Crippen MR) is 67.3 cm³/mol. The molecule has 0 saturated carbocycles. The Balaban J connectivity index is 2.31. The molecule has 1 atom stereocenters. The quantitative estimate of drug-likeness (QED) is 0.600. The van der Waals surface area contributed by atoms with Gasteiger partial charge in [0.05, 0.1) is 5.69 Å². The molecule has 1 aromatic carbocycles. The van der Waals surface area contributed by atoms with Gasteiger partial charge in [0.15, 0.2) is 5.11 Å². The second-order valence-electron chi connectivity index (χ2n) is 3.19. The number of anilines is 1. The molecule has 1 aliphatic rings. The number of amides is 1. The minimum atomic E-state index is -0.305. The molecule has 1 N–H and O–H groups in total. The second-order valence-corrected chi connectivity index (χ2v) is 3.95. The van der Waals surface area contributed by atoms with Crippen LogP contribution in [-0.2, 0) is 4.79 Å². The topological polar surface area (TPSA) is 32.3 Å². The number of carbonyl (C=O) groups excluding carboxylic acids is 1. The third kappa shape index (κ3) is 1.85. The average molecular weight is 238 g/mol. The molecular weight excluding hydrogens is 228 g/mol. The summed E-state index contributed by atoms with van der Waals surface area (Å²) in [4.78, 5) is 13.4. The second kappa shape index (κ2) is 4.20. The Morgan fingerprint density at radius 1 is 1.40 bits per heavy atom. The Bertz CT molecular complexity index is 394. The number of benzene rings is 1. The van der Waals surface area contributed by atoms with Crippen LogP contribution in [0.5, 0.6) is 0 Å². The summed E-state index contributed by atoms with van der Waals surface area (Å²) < 4.78 is 0. The van der Waals surface area contributed by atoms with E-state index in [2.05, 4.69) is 17.9 Å². The molecule has 0 bridgehead atoms. The molecule has 1 heterocycles. The van der Waals surface area contributed by atoms with E-state index < -0.39 is 0 Å². The van der Waals surface area contributed by atoms with Crippen LogP contribution in [0.4, 0.5) is 5.69 Å². The van der Waals surface area contributed by atoms with Crippen molar-refractivity contribution in [3.05, 3.63) is 30.3 Å². The number of para-hydroxylation sites is 1. The van der Waals surface area contributed by atoms with Crippen molar-refractivity contribution < 1.29 is 4.79 Å². The van der Waals surface area contributed by atoms with Crippen LogP contribution >= 0.6 is 24.8 Å². The van der Waals surface area contributed by atoms with E-state index in [4.69, 9.17) is 12.2 Å². The fourth-order valence-electron chi connectivity index (χ4n) is 1.48. The highest BCUT2D eigenvalue weighted by atomic mass is 32.1. The van der Waals surface area contributed by atoms with E-state index in [9.17, 15) is 4.79 Å². The molecule has 15 heavy (non-hydrogen) atoms. The van der Waals surface area contributed by atoms with E-state index in [-0.39, 0.29) is 11.9 Å². The SMILES string of the molecule is O=C1[C@@H](CS)NC(=S)N1c1ccccc1. The smallest absolute Gasteiger partial charge is 0.256 e. The van der Waals surface area contributed by atoms with E-state index in [0.29, 0.717) is 10.9 Å². The summed E-state index contributed by atoms with van der Waals surface area (Å²) >= 11 is 9.20. The van der Waals surface area contributed by atoms with Gasteiger partial charge in [0, 0.05) is 5.75 Å². The molecule has 1 saturated heterocycles. The maximum atomic E-state index is 11.9. The fraction of sp³-hybridized carbons (Fsp3) is 0.200. The summed E-state index contributed by atoms with van der Waals surface area (Å²) in [6.07, 6.45) is 0. The Morgan fingerprint density at radius 3 is 2.60 bits per heavy atom. The van der Waals surface area contributed by atoms with Crippen molar-refractivity contribution in [1.82, 2.24) is 5.32 Å². The zero-order valence-corrected chi connectivity index (χ0v) is 9.59. The lowest BCUT2D eigenvalue weighted by atomic mass is 10.3. The number of rotatable bonds is 2. The molecule has 0 spiro atoms. The summed E-state index contributed by atoms with van der Waals surface area (Å²) in [7, 11) is 0. The summed E-state index contributed by atoms with van der Waals surface area (Å²) in [6, 6.07) is 9.05. The van der Waals surface area contributed by atoms with Crippen LogP contribution in [0.25, 0.3) is 0 Å². The number of nitrogens with one attached hydrogen (secondary N) is 1. The summed E-state index contributed by atoms with van der Waals surface area (Å²) in [5.74, 6) is 0.406. The molecule has 5 heteroatoms. The Labute approximate surface area is 98.9 Å². The Morgan fingerprint density at radius 2 is 2.07 bits per heavy atom. The minimum absolute atomic E-state index is 0.0406. The molecule has 1 fully saturated rings. The minimum Gasteiger partial charge on any atom is -0.349 e. The van der Waals surface area contributed by atoms with Crippen LogP contribution in [0.3, 0.4) is 0 Å². The number of hydrogen-bond acceptors (Lipinski definition) is 3. The zero-order chi connectivity index (χ0) is 10.8. The van der Waals surface area contributed by atoms with Crippen LogP contribution in [0.2, 0.25) is 0 Å². The van der Waals surface area contributed by atoms with Gasteiger partial charge in [0.25, 0.3) is 5.91 Å². The maximum Gasteiger partial charge on any atom is 0.256 e. The van der Waals surface area contributed by atoms with E-state index in [0.717, 1.165) is 5.69 Å². The van der Waals surface area contributed by atoms with Crippen molar-refractivity contribution in [3.8, 4) is 0 Å². The molecule has 2 rings (SSSR count). The maximum absolute atomic E-state index is 11.9. The molecule has 0 aliphatic carbocycles. The highest BCUT2D eigenvalue weighted by molar-refractivity contribution is 7.81. The van der Waals surface area contributed by atoms with Crippen molar-refractivity contribution >= 4 is 41.6 Å². The number of hydrogen-bond donors (Lipinski definition) is 2. The van der Waals surface area contributed by atoms with Crippen molar-refractivity contribution in [3.63, 3.8) is 0 Å². The molecular formula is C10H10N2OS2. The lowest BCUT2D eigenvalue weighted by Gasteiger charge is -2.14. The molecule has 3 nitrogen and oxygen atoms in total. The standard InChI is InChI=1S/C10H10N2OS2/c13-9-8(6-14)11-10(15)12(9)7-4-2-1-3-5-7/h1-5,8,14H,6H2,(H,11,15)/t8-/m1/s1. The third-order valence-electron chi connectivity index (χ3n) is 2.22. The van der Waals surface area contributed by atoms with Gasteiger partial charge in [-0.05, 0) is 24.4 Å². The molecule has 78 valence electrons. The summed E-state index contributed by atoms with van der Waals surface area (Å²) in [5, 5.41) is 3.38. The number of thiol groups is 1. The molecule has 1 amide bonds. The van der Waals surface area contributed by atoms with E-state index in [1.165, 1.54) is 4.90 Å². The Kier molecular flexibility index (Phi) is 2.93. The van der Waals surface area contributed by atoms with Gasteiger partial charge in [-0.15, -0.1) is 0 Å². The lowest BCUT2D eigenvalue weighted by Crippen LogP contribution is -2.31. The van der Waals surface area contributed by atoms with Crippen LogP contribution in [0.1, 0.15) is 0 Å². The number of nitrogens with zero attached hydrogens (tertiary/aromatic N) is 1. The normalized spacial score (nSPS) is 20.6. The van der Waals surface area contributed by atoms with Gasteiger partial charge in [0.2, 0.25) is 0 Å². The van der Waals surface area contributed by atoms with Crippen molar-refractivity contribution in [1.29, 1.82) is 0 Å². The predicted octanol–water partition coefficient (Wildman–Crippen LogP) is 1.21. The molecule has 0 radical (unpaired) electrons. The largest absolute Gasteiger partial charge is 0.349 e. The molecule has 1 aliphatic heterocycles. The summed E-state index contributed by atoms with van der Waals surface area (Å²) in [5.41, 5.74) is 0.796. The van der Waals surface area contributed by atoms with Crippen LogP contribution in [0.15, 0.2) is 30.3 Å². The first-order chi connectivity index (χ1) is 7.24. The van der Waals surface area contributed by atoms with Gasteiger partial charge in [-0.3, -0.25) is 9.69 Å². The van der Waals surface area contributed by atoms with E-state index in [1.807, 2.05) is 30.3 Å². The highest BCUT2D eigenvalue weighted by Crippen LogP contribution is 2.19. The van der Waals surface area contributed by atoms with E-state index in [1.54, 1.807) is 0 Å². The van der Waals surface area contributed by atoms with Crippen LogP contribution < -0.4 is 10.2 Å². The fourth-order valence-corrected chi connectivity index (χ4v) is 2.06. The monoisotopic (exact) mass is 238 g/mol. The van der Waals surface area contributed by atoms with Gasteiger partial charge in [-0.2, -0.15) is 12.6 Å². The summed E-state index contributed by atoms with van der Waals surface area (Å²) in [6.45, 7) is 0. The highest BCUT2D eigenvalue weighted by Gasteiger charge is 2.35. The lowest BCUT2D eigenvalue weighted by molar-refractivity contribution is -0.117. The van der Waals surface area contributed by atoms with Gasteiger partial charge in [0.1, 0.15) is 6.04 Å². The first kappa shape index (κ1) is 10.4. The number of carbonyl (C=O) groups is 1. The van der Waals surface area contributed by atoms with Gasteiger partial charge >= 0.3 is 0 Å². The van der Waals surface area contributed by atoms with Gasteiger partial charge in [-0.1, -0.05) is 18.2 Å². The van der Waals surface area contributed by atoms with Gasteiger partial charge < -0.3 is 5.32 Å².